The smallest absolute Gasteiger partial charge is 0.200 e. The molecule has 1 rings (SSSR count). The van der Waals surface area contributed by atoms with Crippen LogP contribution in [0.15, 0.2) is 10.9 Å². The quantitative estimate of drug-likeness (QED) is 0.691. The average Bonchev–Trinajstić information content (AvgIpc) is 2.69. The van der Waals surface area contributed by atoms with Crippen LogP contribution in [0.2, 0.25) is 16.6 Å². The number of hydrogen-bond donors (Lipinski definition) is 0. The van der Waals surface area contributed by atoms with E-state index in [2.05, 4.69) is 51.9 Å². The molecule has 0 aliphatic rings. The first kappa shape index (κ1) is 14.9. The summed E-state index contributed by atoms with van der Waals surface area (Å²) in [6, 6.07) is 0. The highest BCUT2D eigenvalue weighted by molar-refractivity contribution is 7.07. The molecule has 0 amide bonds. The fourth-order valence-corrected chi connectivity index (χ4v) is 8.95. The first-order chi connectivity index (χ1) is 7.91. The van der Waals surface area contributed by atoms with Gasteiger partial charge in [0.05, 0.1) is 17.8 Å². The van der Waals surface area contributed by atoms with E-state index in [1.165, 1.54) is 0 Å². The van der Waals surface area contributed by atoms with Crippen molar-refractivity contribution in [1.82, 2.24) is 4.98 Å². The van der Waals surface area contributed by atoms with E-state index >= 15 is 0 Å². The molecule has 1 heterocycles. The van der Waals surface area contributed by atoms with Gasteiger partial charge in [0.25, 0.3) is 0 Å². The average molecular weight is 272 g/mol. The third-order valence-electron chi connectivity index (χ3n) is 3.66. The Bertz CT molecular complexity index is 300. The number of aromatic nitrogens is 1. The van der Waals surface area contributed by atoms with Gasteiger partial charge in [0.1, 0.15) is 0 Å². The Kier molecular flexibility index (Phi) is 5.35. The topological polar surface area (TPSA) is 22.1 Å². The molecule has 0 unspecified atom stereocenters. The number of hydrogen-bond acceptors (Lipinski definition) is 3. The monoisotopic (exact) mass is 271 g/mol. The molecule has 0 bridgehead atoms. The molecule has 98 valence electrons. The molecule has 0 atom stereocenters. The summed E-state index contributed by atoms with van der Waals surface area (Å²) in [5.74, 6) is 0. The standard InChI is InChI=1S/C13H25NOSSi/c1-10(2)17(11(3)4,12(5)6)15-7-13-8-16-9-14-13/h8-12H,7H2,1-6H3. The summed E-state index contributed by atoms with van der Waals surface area (Å²) in [5, 5.41) is 2.08. The van der Waals surface area contributed by atoms with Crippen LogP contribution in [0, 0.1) is 0 Å². The molecule has 0 aliphatic carbocycles. The van der Waals surface area contributed by atoms with Crippen molar-refractivity contribution >= 4 is 19.7 Å². The summed E-state index contributed by atoms with van der Waals surface area (Å²) in [6.07, 6.45) is 0. The van der Waals surface area contributed by atoms with Gasteiger partial charge in [-0.3, -0.25) is 0 Å². The zero-order valence-electron chi connectivity index (χ0n) is 11.9. The van der Waals surface area contributed by atoms with E-state index in [9.17, 15) is 0 Å². The summed E-state index contributed by atoms with van der Waals surface area (Å²) in [7, 11) is -1.72. The first-order valence-corrected chi connectivity index (χ1v) is 9.50. The Balaban J connectivity index is 2.83. The van der Waals surface area contributed by atoms with E-state index < -0.39 is 8.32 Å². The molecular formula is C13H25NOSSi. The van der Waals surface area contributed by atoms with Gasteiger partial charge >= 0.3 is 0 Å². The first-order valence-electron chi connectivity index (χ1n) is 6.42. The SMILES string of the molecule is CC(C)[Si](OCc1cscn1)(C(C)C)C(C)C. The van der Waals surface area contributed by atoms with Crippen molar-refractivity contribution in [3.63, 3.8) is 0 Å². The highest BCUT2D eigenvalue weighted by atomic mass is 32.1. The molecule has 0 aliphatic heterocycles. The second-order valence-corrected chi connectivity index (χ2v) is 11.8. The molecule has 4 heteroatoms. The molecule has 0 fully saturated rings. The van der Waals surface area contributed by atoms with E-state index in [0.717, 1.165) is 5.69 Å². The zero-order chi connectivity index (χ0) is 13.1. The number of rotatable bonds is 6. The third-order valence-corrected chi connectivity index (χ3v) is 10.4. The van der Waals surface area contributed by atoms with Gasteiger partial charge in [0, 0.05) is 5.38 Å². The van der Waals surface area contributed by atoms with Crippen molar-refractivity contribution in [3.8, 4) is 0 Å². The summed E-state index contributed by atoms with van der Waals surface area (Å²) >= 11 is 1.64. The van der Waals surface area contributed by atoms with Gasteiger partial charge in [0.2, 0.25) is 8.32 Å². The van der Waals surface area contributed by atoms with Crippen LogP contribution < -0.4 is 0 Å². The lowest BCUT2D eigenvalue weighted by molar-refractivity contribution is 0.262. The Morgan fingerprint density at radius 1 is 1.12 bits per heavy atom. The van der Waals surface area contributed by atoms with E-state index in [0.29, 0.717) is 23.2 Å². The third kappa shape index (κ3) is 3.17. The van der Waals surface area contributed by atoms with Gasteiger partial charge in [-0.1, -0.05) is 41.5 Å². The van der Waals surface area contributed by atoms with Crippen LogP contribution in [0.3, 0.4) is 0 Å². The molecule has 0 saturated heterocycles. The maximum atomic E-state index is 6.44. The Morgan fingerprint density at radius 3 is 2.00 bits per heavy atom. The van der Waals surface area contributed by atoms with Crippen molar-refractivity contribution in [2.45, 2.75) is 64.8 Å². The van der Waals surface area contributed by atoms with Crippen molar-refractivity contribution in [1.29, 1.82) is 0 Å². The fraction of sp³-hybridized carbons (Fsp3) is 0.769. The van der Waals surface area contributed by atoms with Crippen LogP contribution >= 0.6 is 11.3 Å². The fourth-order valence-electron chi connectivity index (χ4n) is 3.01. The highest BCUT2D eigenvalue weighted by Crippen LogP contribution is 2.42. The minimum Gasteiger partial charge on any atom is -0.410 e. The lowest BCUT2D eigenvalue weighted by Gasteiger charge is -2.42. The molecule has 0 radical (unpaired) electrons. The molecular weight excluding hydrogens is 246 g/mol. The van der Waals surface area contributed by atoms with Gasteiger partial charge in [-0.15, -0.1) is 11.3 Å². The van der Waals surface area contributed by atoms with E-state index in [-0.39, 0.29) is 0 Å². The minimum atomic E-state index is -1.72. The molecule has 0 spiro atoms. The molecule has 0 saturated carbocycles. The highest BCUT2D eigenvalue weighted by Gasteiger charge is 2.44. The van der Waals surface area contributed by atoms with Crippen LogP contribution in [-0.4, -0.2) is 13.3 Å². The lowest BCUT2D eigenvalue weighted by Crippen LogP contribution is -2.47. The van der Waals surface area contributed by atoms with E-state index in [1.807, 2.05) is 5.51 Å². The summed E-state index contributed by atoms with van der Waals surface area (Å²) in [4.78, 5) is 4.31. The summed E-state index contributed by atoms with van der Waals surface area (Å²) in [5.41, 5.74) is 4.87. The Hall–Kier alpha value is -0.193. The van der Waals surface area contributed by atoms with Gasteiger partial charge in [-0.05, 0) is 16.6 Å². The molecule has 0 N–H and O–H groups in total. The van der Waals surface area contributed by atoms with Crippen LogP contribution in [0.4, 0.5) is 0 Å². The predicted octanol–water partition coefficient (Wildman–Crippen LogP) is 4.84. The predicted molar refractivity (Wildman–Crippen MR) is 78.0 cm³/mol. The van der Waals surface area contributed by atoms with Crippen LogP contribution in [0.25, 0.3) is 0 Å². The Labute approximate surface area is 111 Å². The number of nitrogens with zero attached hydrogens (tertiary/aromatic N) is 1. The van der Waals surface area contributed by atoms with Crippen molar-refractivity contribution in [3.05, 3.63) is 16.6 Å². The maximum Gasteiger partial charge on any atom is 0.200 e. The van der Waals surface area contributed by atoms with E-state index in [1.54, 1.807) is 11.3 Å². The minimum absolute atomic E-state index is 0.640. The van der Waals surface area contributed by atoms with Crippen LogP contribution in [0.1, 0.15) is 47.2 Å². The maximum absolute atomic E-state index is 6.44. The second-order valence-electron chi connectivity index (χ2n) is 5.59. The summed E-state index contributed by atoms with van der Waals surface area (Å²) < 4.78 is 6.44. The van der Waals surface area contributed by atoms with Crippen LogP contribution in [0.5, 0.6) is 0 Å². The number of thiazole rings is 1. The van der Waals surface area contributed by atoms with Gasteiger partial charge < -0.3 is 4.43 Å². The largest absolute Gasteiger partial charge is 0.410 e. The summed E-state index contributed by atoms with van der Waals surface area (Å²) in [6.45, 7) is 14.6. The van der Waals surface area contributed by atoms with Crippen molar-refractivity contribution < 1.29 is 4.43 Å². The van der Waals surface area contributed by atoms with Gasteiger partial charge in [-0.2, -0.15) is 0 Å². The van der Waals surface area contributed by atoms with Gasteiger partial charge in [0.15, 0.2) is 0 Å². The normalized spacial score (nSPS) is 13.0. The lowest BCUT2D eigenvalue weighted by atomic mass is 10.5. The second kappa shape index (κ2) is 6.11. The van der Waals surface area contributed by atoms with Crippen molar-refractivity contribution in [2.75, 3.05) is 0 Å². The van der Waals surface area contributed by atoms with Crippen molar-refractivity contribution in [2.24, 2.45) is 0 Å². The van der Waals surface area contributed by atoms with E-state index in [4.69, 9.17) is 4.43 Å². The van der Waals surface area contributed by atoms with Crippen LogP contribution in [-0.2, 0) is 11.0 Å². The molecule has 2 nitrogen and oxygen atoms in total. The Morgan fingerprint density at radius 2 is 1.65 bits per heavy atom. The molecule has 17 heavy (non-hydrogen) atoms. The molecule has 1 aromatic heterocycles. The van der Waals surface area contributed by atoms with Gasteiger partial charge in [-0.25, -0.2) is 4.98 Å². The molecule has 1 aromatic rings. The zero-order valence-corrected chi connectivity index (χ0v) is 13.7. The molecule has 0 aromatic carbocycles.